The van der Waals surface area contributed by atoms with Gasteiger partial charge in [0.15, 0.2) is 0 Å². The van der Waals surface area contributed by atoms with Crippen molar-refractivity contribution in [1.29, 1.82) is 5.26 Å². The van der Waals surface area contributed by atoms with Crippen LogP contribution in [0.3, 0.4) is 0 Å². The second-order valence-electron chi connectivity index (χ2n) is 4.17. The molecule has 0 atom stereocenters. The van der Waals surface area contributed by atoms with Gasteiger partial charge in [-0.2, -0.15) is 5.26 Å². The van der Waals surface area contributed by atoms with Gasteiger partial charge in [-0.25, -0.2) is 8.78 Å². The highest BCUT2D eigenvalue weighted by Crippen LogP contribution is 2.26. The van der Waals surface area contributed by atoms with E-state index in [1.54, 1.807) is 19.2 Å². The van der Waals surface area contributed by atoms with E-state index in [9.17, 15) is 8.78 Å². The number of rotatable bonds is 3. The number of benzene rings is 2. The van der Waals surface area contributed by atoms with Gasteiger partial charge in [-0.3, -0.25) is 0 Å². The third kappa shape index (κ3) is 2.95. The summed E-state index contributed by atoms with van der Waals surface area (Å²) in [5.41, 5.74) is 2.25. The normalized spacial score (nSPS) is 10.2. The Balaban J connectivity index is 2.58. The molecule has 2 aromatic rings. The Morgan fingerprint density at radius 3 is 2.58 bits per heavy atom. The van der Waals surface area contributed by atoms with Crippen LogP contribution in [0.1, 0.15) is 11.1 Å². The van der Waals surface area contributed by atoms with Gasteiger partial charge in [-0.15, -0.1) is 0 Å². The van der Waals surface area contributed by atoms with E-state index in [1.165, 1.54) is 24.3 Å². The van der Waals surface area contributed by atoms with E-state index >= 15 is 0 Å². The second kappa shape index (κ2) is 5.59. The minimum atomic E-state index is -0.478. The maximum absolute atomic E-state index is 13.5. The van der Waals surface area contributed by atoms with Crippen LogP contribution in [0.4, 0.5) is 8.78 Å². The van der Waals surface area contributed by atoms with Crippen LogP contribution in [0.2, 0.25) is 0 Å². The SMILES string of the molecule is CNCc1cc(F)ccc1-c1cc(F)cc(C#N)c1. The lowest BCUT2D eigenvalue weighted by molar-refractivity contribution is 0.624. The number of hydrogen-bond acceptors (Lipinski definition) is 2. The quantitative estimate of drug-likeness (QED) is 0.917. The Hall–Kier alpha value is -2.25. The summed E-state index contributed by atoms with van der Waals surface area (Å²) >= 11 is 0. The molecule has 0 spiro atoms. The molecular weight excluding hydrogens is 246 g/mol. The van der Waals surface area contributed by atoms with Crippen molar-refractivity contribution in [2.75, 3.05) is 7.05 Å². The van der Waals surface area contributed by atoms with Crippen LogP contribution in [0, 0.1) is 23.0 Å². The van der Waals surface area contributed by atoms with Crippen molar-refractivity contribution in [3.8, 4) is 17.2 Å². The number of nitrogens with zero attached hydrogens (tertiary/aromatic N) is 1. The van der Waals surface area contributed by atoms with E-state index in [-0.39, 0.29) is 11.4 Å². The fourth-order valence-electron chi connectivity index (χ4n) is 1.99. The average molecular weight is 258 g/mol. The lowest BCUT2D eigenvalue weighted by atomic mass is 9.98. The summed E-state index contributed by atoms with van der Waals surface area (Å²) in [6, 6.07) is 10.3. The van der Waals surface area contributed by atoms with Crippen LogP contribution in [0.5, 0.6) is 0 Å². The van der Waals surface area contributed by atoms with Gasteiger partial charge in [0.2, 0.25) is 0 Å². The van der Waals surface area contributed by atoms with Gasteiger partial charge in [-0.05, 0) is 54.1 Å². The van der Waals surface area contributed by atoms with Crippen molar-refractivity contribution < 1.29 is 8.78 Å². The summed E-state index contributed by atoms with van der Waals surface area (Å²) in [5, 5.41) is 11.8. The summed E-state index contributed by atoms with van der Waals surface area (Å²) in [6.07, 6.45) is 0. The molecule has 0 aliphatic heterocycles. The van der Waals surface area contributed by atoms with Gasteiger partial charge >= 0.3 is 0 Å². The van der Waals surface area contributed by atoms with Crippen LogP contribution < -0.4 is 5.32 Å². The van der Waals surface area contributed by atoms with E-state index in [1.807, 2.05) is 6.07 Å². The molecule has 0 heterocycles. The maximum atomic E-state index is 13.5. The molecule has 0 aromatic heterocycles. The van der Waals surface area contributed by atoms with Crippen molar-refractivity contribution >= 4 is 0 Å². The first kappa shape index (κ1) is 13.2. The van der Waals surface area contributed by atoms with Crippen LogP contribution in [0.25, 0.3) is 11.1 Å². The average Bonchev–Trinajstić information content (AvgIpc) is 2.38. The molecule has 0 bridgehead atoms. The molecule has 0 aliphatic rings. The lowest BCUT2D eigenvalue weighted by Gasteiger charge is -2.10. The van der Waals surface area contributed by atoms with Crippen molar-refractivity contribution in [3.63, 3.8) is 0 Å². The topological polar surface area (TPSA) is 35.8 Å². The molecule has 4 heteroatoms. The lowest BCUT2D eigenvalue weighted by Crippen LogP contribution is -2.07. The van der Waals surface area contributed by atoms with Crippen LogP contribution in [-0.4, -0.2) is 7.05 Å². The Labute approximate surface area is 110 Å². The summed E-state index contributed by atoms with van der Waals surface area (Å²) in [5.74, 6) is -0.820. The first-order valence-electron chi connectivity index (χ1n) is 5.78. The van der Waals surface area contributed by atoms with Gasteiger partial charge in [0.1, 0.15) is 11.6 Å². The van der Waals surface area contributed by atoms with Crippen LogP contribution in [-0.2, 0) is 6.54 Å². The number of halogens is 2. The Morgan fingerprint density at radius 2 is 1.89 bits per heavy atom. The summed E-state index contributed by atoms with van der Waals surface area (Å²) in [6.45, 7) is 0.464. The zero-order valence-electron chi connectivity index (χ0n) is 10.4. The Morgan fingerprint density at radius 1 is 1.11 bits per heavy atom. The van der Waals surface area contributed by atoms with Gasteiger partial charge < -0.3 is 5.32 Å². The Bertz CT molecular complexity index is 645. The second-order valence-corrected chi connectivity index (χ2v) is 4.17. The molecule has 0 amide bonds. The monoisotopic (exact) mass is 258 g/mol. The van der Waals surface area contributed by atoms with E-state index in [2.05, 4.69) is 5.32 Å². The summed E-state index contributed by atoms with van der Waals surface area (Å²) < 4.78 is 26.7. The first-order chi connectivity index (χ1) is 9.13. The fourth-order valence-corrected chi connectivity index (χ4v) is 1.99. The van der Waals surface area contributed by atoms with Gasteiger partial charge in [0.25, 0.3) is 0 Å². The fraction of sp³-hybridized carbons (Fsp3) is 0.133. The smallest absolute Gasteiger partial charge is 0.125 e. The molecule has 0 radical (unpaired) electrons. The molecule has 0 unspecified atom stereocenters. The Kier molecular flexibility index (Phi) is 3.88. The van der Waals surface area contributed by atoms with E-state index < -0.39 is 5.82 Å². The highest BCUT2D eigenvalue weighted by molar-refractivity contribution is 5.69. The molecule has 2 aromatic carbocycles. The van der Waals surface area contributed by atoms with Crippen LogP contribution >= 0.6 is 0 Å². The molecule has 2 nitrogen and oxygen atoms in total. The third-order valence-corrected chi connectivity index (χ3v) is 2.77. The molecule has 96 valence electrons. The molecule has 0 fully saturated rings. The predicted molar refractivity (Wildman–Crippen MR) is 69.3 cm³/mol. The summed E-state index contributed by atoms with van der Waals surface area (Å²) in [7, 11) is 1.75. The first-order valence-corrected chi connectivity index (χ1v) is 5.78. The van der Waals surface area contributed by atoms with Gasteiger partial charge in [-0.1, -0.05) is 6.07 Å². The summed E-state index contributed by atoms with van der Waals surface area (Å²) in [4.78, 5) is 0. The highest BCUT2D eigenvalue weighted by atomic mass is 19.1. The zero-order valence-corrected chi connectivity index (χ0v) is 10.4. The van der Waals surface area contributed by atoms with Gasteiger partial charge in [0.05, 0.1) is 11.6 Å². The minimum Gasteiger partial charge on any atom is -0.316 e. The molecular formula is C15H12F2N2. The van der Waals surface area contributed by atoms with Crippen LogP contribution in [0.15, 0.2) is 36.4 Å². The largest absolute Gasteiger partial charge is 0.316 e. The molecule has 0 saturated heterocycles. The predicted octanol–water partition coefficient (Wildman–Crippen LogP) is 3.22. The van der Waals surface area contributed by atoms with E-state index in [4.69, 9.17) is 5.26 Å². The number of nitrogens with one attached hydrogen (secondary N) is 1. The van der Waals surface area contributed by atoms with Crippen molar-refractivity contribution in [2.24, 2.45) is 0 Å². The number of hydrogen-bond donors (Lipinski definition) is 1. The third-order valence-electron chi connectivity index (χ3n) is 2.77. The standard InChI is InChI=1S/C15H12F2N2/c1-19-9-12-7-13(16)2-3-15(12)11-4-10(8-18)5-14(17)6-11/h2-7,19H,9H2,1H3. The number of nitriles is 1. The molecule has 2 rings (SSSR count). The minimum absolute atomic E-state index is 0.245. The van der Waals surface area contributed by atoms with Crippen molar-refractivity contribution in [3.05, 3.63) is 59.2 Å². The zero-order chi connectivity index (χ0) is 13.8. The van der Waals surface area contributed by atoms with Crippen molar-refractivity contribution in [1.82, 2.24) is 5.32 Å². The van der Waals surface area contributed by atoms with Gasteiger partial charge in [0, 0.05) is 6.54 Å². The maximum Gasteiger partial charge on any atom is 0.125 e. The van der Waals surface area contributed by atoms with Crippen molar-refractivity contribution in [2.45, 2.75) is 6.54 Å². The molecule has 19 heavy (non-hydrogen) atoms. The molecule has 0 saturated carbocycles. The van der Waals surface area contributed by atoms with E-state index in [0.29, 0.717) is 17.7 Å². The molecule has 0 aliphatic carbocycles. The highest BCUT2D eigenvalue weighted by Gasteiger charge is 2.08. The molecule has 1 N–H and O–H groups in total. The van der Waals surface area contributed by atoms with E-state index in [0.717, 1.165) is 5.56 Å².